The van der Waals surface area contributed by atoms with Crippen molar-refractivity contribution in [1.82, 2.24) is 34.1 Å². The van der Waals surface area contributed by atoms with Crippen LogP contribution in [0.25, 0.3) is 22.2 Å². The predicted molar refractivity (Wildman–Crippen MR) is 158 cm³/mol. The first kappa shape index (κ1) is 31.3. The number of halogens is 1. The molecule has 0 aliphatic carbocycles. The van der Waals surface area contributed by atoms with Crippen LogP contribution in [0.1, 0.15) is 18.9 Å². The van der Waals surface area contributed by atoms with Crippen molar-refractivity contribution < 1.29 is 42.0 Å². The number of H-pyrrole nitrogens is 1. The number of fused-ring (bicyclic) bond motifs is 2. The van der Waals surface area contributed by atoms with Crippen molar-refractivity contribution in [2.75, 3.05) is 24.7 Å². The zero-order valence-electron chi connectivity index (χ0n) is 22.2. The Bertz CT molecular complexity index is 1830. The number of nitrogens with two attached hydrogens (primary N) is 2. The van der Waals surface area contributed by atoms with Crippen LogP contribution in [0.4, 0.5) is 16.2 Å². The summed E-state index contributed by atoms with van der Waals surface area (Å²) in [5.41, 5.74) is 11.3. The number of rotatable bonds is 10. The van der Waals surface area contributed by atoms with Crippen LogP contribution in [0.3, 0.4) is 0 Å². The van der Waals surface area contributed by atoms with Crippen LogP contribution in [0.15, 0.2) is 29.7 Å². The van der Waals surface area contributed by atoms with Gasteiger partial charge >= 0.3 is 13.9 Å². The number of thiol groups is 1. The number of imidazole rings is 1. The molecule has 0 radical (unpaired) electrons. The van der Waals surface area contributed by atoms with Crippen LogP contribution in [-0.2, 0) is 39.4 Å². The van der Waals surface area contributed by atoms with Crippen LogP contribution in [0.2, 0.25) is 0 Å². The van der Waals surface area contributed by atoms with Gasteiger partial charge in [-0.1, -0.05) is 0 Å². The molecule has 0 bridgehead atoms. The van der Waals surface area contributed by atoms with E-state index in [9.17, 15) is 19.4 Å². The highest BCUT2D eigenvalue weighted by atomic mass is 32.7. The van der Waals surface area contributed by atoms with E-state index in [1.165, 1.54) is 10.9 Å². The van der Waals surface area contributed by atoms with Gasteiger partial charge in [-0.25, -0.2) is 19.3 Å². The van der Waals surface area contributed by atoms with E-state index in [0.717, 1.165) is 6.33 Å². The maximum Gasteiger partial charge on any atom is 0.582 e. The highest BCUT2D eigenvalue weighted by molar-refractivity contribution is 8.39. The Hall–Kier alpha value is -2.68. The molecule has 6 heterocycles. The summed E-state index contributed by atoms with van der Waals surface area (Å²) >= 11 is 9.03. The van der Waals surface area contributed by atoms with Crippen molar-refractivity contribution in [3.8, 4) is 0 Å². The molecule has 4 aromatic heterocycles. The predicted octanol–water partition coefficient (Wildman–Crippen LogP) is 0.835. The normalized spacial score (nSPS) is 29.0. The Labute approximate surface area is 257 Å². The Morgan fingerprint density at radius 2 is 2.05 bits per heavy atom. The quantitative estimate of drug-likeness (QED) is 0.0995. The Morgan fingerprint density at radius 3 is 2.80 bits per heavy atom. The molecule has 2 aliphatic heterocycles. The lowest BCUT2D eigenvalue weighted by atomic mass is 10.1. The smallest absolute Gasteiger partial charge is 0.394 e. The third-order valence-corrected chi connectivity index (χ3v) is 9.38. The summed E-state index contributed by atoms with van der Waals surface area (Å²) in [5.74, 6) is 0.0405. The number of nitrogens with one attached hydrogen (secondary N) is 1. The second-order valence-corrected chi connectivity index (χ2v) is 14.2. The topological polar surface area (TPSA) is 250 Å². The standard InChI is InChI=1S/C21H24FN9O9P2S2/c22-13-10(4-32)38-20(31-7-27-14-18(31)28-21(24)29-19(14)33)15(13)40-42(35,44)36-5-11-9(39-41(34)43)3-12(37-11)30-2-1-8-16(23)25-6-26-17(8)30/h1-2,6-7,9-13,15,20,32H,3-5H2,(H6-,23,24,25,26,28,29,33,34,35,43,44)/p+1. The minimum atomic E-state index is -4.26. The molecular formula is C21H25FN9O9P2S2+. The first-order chi connectivity index (χ1) is 21.0. The molecule has 23 heteroatoms. The monoisotopic (exact) mass is 692 g/mol. The average Bonchev–Trinajstić information content (AvgIpc) is 3.73. The molecule has 18 nitrogen and oxygen atoms in total. The molecule has 2 fully saturated rings. The number of hydrogen-bond acceptors (Lipinski definition) is 15. The van der Waals surface area contributed by atoms with Gasteiger partial charge in [-0.05, 0) is 22.4 Å². The van der Waals surface area contributed by atoms with E-state index in [2.05, 4.69) is 37.2 Å². The maximum atomic E-state index is 15.4. The molecule has 0 saturated carbocycles. The fraction of sp³-hybridized carbons (Fsp3) is 0.476. The van der Waals surface area contributed by atoms with Gasteiger partial charge < -0.3 is 40.0 Å². The molecule has 0 aromatic carbocycles. The first-order valence-corrected chi connectivity index (χ1v) is 17.7. The van der Waals surface area contributed by atoms with E-state index >= 15 is 4.39 Å². The lowest BCUT2D eigenvalue weighted by Gasteiger charge is -2.26. The number of aromatic amines is 1. The number of aliphatic hydroxyl groups excluding tert-OH is 1. The number of hydrogen-bond donors (Lipinski definition) is 6. The summed E-state index contributed by atoms with van der Waals surface area (Å²) in [5, 5.41) is 10.3. The van der Waals surface area contributed by atoms with Gasteiger partial charge in [0, 0.05) is 12.6 Å². The summed E-state index contributed by atoms with van der Waals surface area (Å²) in [6.07, 6.45) is -4.49. The van der Waals surface area contributed by atoms with E-state index in [-0.39, 0.29) is 29.4 Å². The second-order valence-electron chi connectivity index (χ2n) is 9.77. The molecule has 6 rings (SSSR count). The molecule has 0 spiro atoms. The van der Waals surface area contributed by atoms with Crippen molar-refractivity contribution in [2.24, 2.45) is 0 Å². The fourth-order valence-electron chi connectivity index (χ4n) is 5.13. The maximum absolute atomic E-state index is 15.4. The Balaban J connectivity index is 1.20. The molecule has 44 heavy (non-hydrogen) atoms. The van der Waals surface area contributed by atoms with E-state index in [0.29, 0.717) is 11.0 Å². The number of nitrogen functional groups attached to an aromatic ring is 2. The average molecular weight is 693 g/mol. The molecular weight excluding hydrogens is 667 g/mol. The highest BCUT2D eigenvalue weighted by Gasteiger charge is 2.50. The van der Waals surface area contributed by atoms with Gasteiger partial charge in [-0.15, -0.1) is 4.52 Å². The molecule has 2 aliphatic rings. The lowest BCUT2D eigenvalue weighted by Crippen LogP contribution is -2.32. The zero-order chi connectivity index (χ0) is 31.3. The summed E-state index contributed by atoms with van der Waals surface area (Å²) in [7, 11) is -2.36. The molecule has 9 atom stereocenters. The van der Waals surface area contributed by atoms with Gasteiger partial charge in [0.2, 0.25) is 5.95 Å². The molecule has 2 saturated heterocycles. The van der Waals surface area contributed by atoms with Crippen LogP contribution in [-0.4, -0.2) is 87.9 Å². The number of anilines is 2. The summed E-state index contributed by atoms with van der Waals surface area (Å²) in [6, 6.07) is 1.71. The van der Waals surface area contributed by atoms with Gasteiger partial charge in [0.15, 0.2) is 23.6 Å². The minimum absolute atomic E-state index is 0.0568. The third-order valence-electron chi connectivity index (χ3n) is 7.08. The Morgan fingerprint density at radius 1 is 1.25 bits per heavy atom. The highest BCUT2D eigenvalue weighted by Crippen LogP contribution is 2.51. The number of aromatic nitrogens is 7. The summed E-state index contributed by atoms with van der Waals surface area (Å²) in [4.78, 5) is 41.8. The lowest BCUT2D eigenvalue weighted by molar-refractivity contribution is -0.0528. The van der Waals surface area contributed by atoms with Gasteiger partial charge in [0.05, 0.1) is 24.9 Å². The largest absolute Gasteiger partial charge is 0.582 e. The first-order valence-electron chi connectivity index (χ1n) is 12.8. The molecule has 9 unspecified atom stereocenters. The van der Waals surface area contributed by atoms with E-state index in [4.69, 9.17) is 46.3 Å². The van der Waals surface area contributed by atoms with Gasteiger partial charge in [-0.2, -0.15) is 4.98 Å². The van der Waals surface area contributed by atoms with E-state index in [1.54, 1.807) is 16.8 Å². The van der Waals surface area contributed by atoms with Crippen LogP contribution in [0, 0.1) is 0 Å². The third kappa shape index (κ3) is 5.97. The van der Waals surface area contributed by atoms with Crippen molar-refractivity contribution in [1.29, 1.82) is 0 Å². The van der Waals surface area contributed by atoms with Crippen LogP contribution >= 0.6 is 26.2 Å². The van der Waals surface area contributed by atoms with Gasteiger partial charge in [0.1, 0.15) is 60.7 Å². The van der Waals surface area contributed by atoms with Crippen LogP contribution in [0.5, 0.6) is 0 Å². The van der Waals surface area contributed by atoms with Crippen molar-refractivity contribution >= 4 is 72.0 Å². The number of aliphatic hydroxyl groups is 1. The number of alkyl halides is 1. The van der Waals surface area contributed by atoms with Gasteiger partial charge in [0.25, 0.3) is 5.56 Å². The summed E-state index contributed by atoms with van der Waals surface area (Å²) < 4.78 is 58.5. The Kier molecular flexibility index (Phi) is 8.72. The van der Waals surface area contributed by atoms with Crippen molar-refractivity contribution in [2.45, 2.75) is 49.5 Å². The van der Waals surface area contributed by atoms with Crippen molar-refractivity contribution in [3.05, 3.63) is 35.3 Å². The SMILES string of the molecule is Nc1nc2c(ncn2C2OC(CO)C(F)C2OP(O)(=S)OCC2OC(n3ccc4c(N)ncnc43)CC2O[P+](=O)S)c(=O)[nH]1. The van der Waals surface area contributed by atoms with E-state index < -0.39 is 75.8 Å². The van der Waals surface area contributed by atoms with Crippen LogP contribution < -0.4 is 17.0 Å². The van der Waals surface area contributed by atoms with Gasteiger partial charge in [-0.3, -0.25) is 18.9 Å². The molecule has 7 N–H and O–H groups in total. The zero-order valence-corrected chi connectivity index (χ0v) is 25.7. The minimum Gasteiger partial charge on any atom is -0.394 e. The molecule has 4 aromatic rings. The fourth-order valence-corrected chi connectivity index (χ4v) is 7.35. The number of nitrogens with zero attached hydrogens (tertiary/aromatic N) is 6. The van der Waals surface area contributed by atoms with Crippen molar-refractivity contribution in [3.63, 3.8) is 0 Å². The molecule has 0 amide bonds. The van der Waals surface area contributed by atoms with E-state index in [1.807, 2.05) is 0 Å². The second kappa shape index (κ2) is 12.3. The number of ether oxygens (including phenoxy) is 2. The summed E-state index contributed by atoms with van der Waals surface area (Å²) in [6.45, 7) is -5.41. The molecule has 236 valence electrons.